The van der Waals surface area contributed by atoms with Crippen molar-refractivity contribution >= 4 is 11.6 Å². The minimum Gasteiger partial charge on any atom is -0.485 e. The molecule has 120 valence electrons. The third kappa shape index (κ3) is 2.34. The Morgan fingerprint density at radius 3 is 2.92 bits per heavy atom. The molecule has 0 bridgehead atoms. The molecule has 4 rings (SSSR count). The molecule has 5 nitrogen and oxygen atoms in total. The normalized spacial score (nSPS) is 12.1. The van der Waals surface area contributed by atoms with E-state index in [1.54, 1.807) is 6.33 Å². The van der Waals surface area contributed by atoms with Gasteiger partial charge in [0.25, 0.3) is 5.91 Å². The molecule has 0 spiro atoms. The number of nitrogens with one attached hydrogen (secondary N) is 1. The standard InChI is InChI=1S/C19H17N3O2/c1-12-7-8-13(2)14(9-12)21-19(23)18-16-10-24-17-6-4-3-5-15(17)22(16)11-20-18/h3-9,11H,10H2,1-2H3,(H,21,23). The quantitative estimate of drug-likeness (QED) is 0.784. The molecule has 1 aliphatic rings. The van der Waals surface area contributed by atoms with Gasteiger partial charge in [-0.1, -0.05) is 24.3 Å². The Kier molecular flexibility index (Phi) is 3.34. The molecule has 0 radical (unpaired) electrons. The first-order valence-electron chi connectivity index (χ1n) is 7.80. The van der Waals surface area contributed by atoms with Crippen molar-refractivity contribution in [3.63, 3.8) is 0 Å². The van der Waals surface area contributed by atoms with Crippen molar-refractivity contribution in [2.24, 2.45) is 0 Å². The fraction of sp³-hybridized carbons (Fsp3) is 0.158. The smallest absolute Gasteiger partial charge is 0.276 e. The number of aromatic nitrogens is 2. The van der Waals surface area contributed by atoms with Crippen molar-refractivity contribution in [1.29, 1.82) is 0 Å². The summed E-state index contributed by atoms with van der Waals surface area (Å²) in [6.45, 7) is 4.29. The molecule has 5 heteroatoms. The molecule has 2 aromatic carbocycles. The molecule has 0 saturated carbocycles. The number of ether oxygens (including phenoxy) is 1. The van der Waals surface area contributed by atoms with Gasteiger partial charge in [0, 0.05) is 5.69 Å². The van der Waals surface area contributed by atoms with Crippen LogP contribution in [0.25, 0.3) is 5.69 Å². The van der Waals surface area contributed by atoms with Crippen molar-refractivity contribution in [1.82, 2.24) is 9.55 Å². The zero-order valence-corrected chi connectivity index (χ0v) is 13.5. The van der Waals surface area contributed by atoms with Gasteiger partial charge in [-0.2, -0.15) is 0 Å². The van der Waals surface area contributed by atoms with Crippen molar-refractivity contribution < 1.29 is 9.53 Å². The van der Waals surface area contributed by atoms with Crippen LogP contribution in [-0.2, 0) is 6.61 Å². The van der Waals surface area contributed by atoms with Crippen molar-refractivity contribution in [2.45, 2.75) is 20.5 Å². The van der Waals surface area contributed by atoms with E-state index in [1.165, 1.54) is 0 Å². The highest BCUT2D eigenvalue weighted by Crippen LogP contribution is 2.30. The number of benzene rings is 2. The highest BCUT2D eigenvalue weighted by atomic mass is 16.5. The Morgan fingerprint density at radius 2 is 2.04 bits per heavy atom. The predicted molar refractivity (Wildman–Crippen MR) is 91.8 cm³/mol. The molecule has 3 aromatic rings. The number of amides is 1. The Morgan fingerprint density at radius 1 is 1.21 bits per heavy atom. The first-order chi connectivity index (χ1) is 11.6. The monoisotopic (exact) mass is 319 g/mol. The largest absolute Gasteiger partial charge is 0.485 e. The minimum absolute atomic E-state index is 0.222. The summed E-state index contributed by atoms with van der Waals surface area (Å²) in [5, 5.41) is 2.96. The summed E-state index contributed by atoms with van der Waals surface area (Å²) in [4.78, 5) is 17.0. The summed E-state index contributed by atoms with van der Waals surface area (Å²) in [5.41, 5.74) is 4.97. The molecule has 1 aliphatic heterocycles. The van der Waals surface area contributed by atoms with Gasteiger partial charge in [-0.15, -0.1) is 0 Å². The van der Waals surface area contributed by atoms with E-state index in [4.69, 9.17) is 4.74 Å². The summed E-state index contributed by atoms with van der Waals surface area (Å²) in [7, 11) is 0. The van der Waals surface area contributed by atoms with Crippen molar-refractivity contribution in [3.05, 3.63) is 71.3 Å². The third-order valence-electron chi connectivity index (χ3n) is 4.21. The number of hydrogen-bond donors (Lipinski definition) is 1. The fourth-order valence-electron chi connectivity index (χ4n) is 2.89. The first kappa shape index (κ1) is 14.5. The highest BCUT2D eigenvalue weighted by Gasteiger charge is 2.24. The van der Waals surface area contributed by atoms with Gasteiger partial charge < -0.3 is 10.1 Å². The average Bonchev–Trinajstić information content (AvgIpc) is 3.03. The number of para-hydroxylation sites is 2. The molecular weight excluding hydrogens is 302 g/mol. The van der Waals surface area contributed by atoms with Crippen LogP contribution >= 0.6 is 0 Å². The van der Waals surface area contributed by atoms with Crippen LogP contribution in [0.5, 0.6) is 5.75 Å². The van der Waals surface area contributed by atoms with Gasteiger partial charge in [-0.05, 0) is 43.2 Å². The number of hydrogen-bond acceptors (Lipinski definition) is 3. The van der Waals surface area contributed by atoms with E-state index < -0.39 is 0 Å². The zero-order chi connectivity index (χ0) is 16.7. The number of fused-ring (bicyclic) bond motifs is 3. The third-order valence-corrected chi connectivity index (χ3v) is 4.21. The Labute approximate surface area is 139 Å². The van der Waals surface area contributed by atoms with Gasteiger partial charge in [0.05, 0.1) is 11.4 Å². The van der Waals surface area contributed by atoms with Crippen LogP contribution in [0.2, 0.25) is 0 Å². The molecule has 2 heterocycles. The van der Waals surface area contributed by atoms with Crippen LogP contribution in [0, 0.1) is 13.8 Å². The summed E-state index contributed by atoms with van der Waals surface area (Å²) < 4.78 is 7.66. The molecule has 0 atom stereocenters. The van der Waals surface area contributed by atoms with E-state index in [9.17, 15) is 4.79 Å². The van der Waals surface area contributed by atoms with Crippen LogP contribution in [0.4, 0.5) is 5.69 Å². The number of nitrogens with zero attached hydrogens (tertiary/aromatic N) is 2. The average molecular weight is 319 g/mol. The van der Waals surface area contributed by atoms with Crippen molar-refractivity contribution in [2.75, 3.05) is 5.32 Å². The van der Waals surface area contributed by atoms with Gasteiger partial charge in [0.2, 0.25) is 0 Å². The molecule has 0 aliphatic carbocycles. The highest BCUT2D eigenvalue weighted by molar-refractivity contribution is 6.04. The lowest BCUT2D eigenvalue weighted by Crippen LogP contribution is -2.19. The van der Waals surface area contributed by atoms with Gasteiger partial charge in [-0.3, -0.25) is 9.36 Å². The number of imidazole rings is 1. The number of carbonyl (C=O) groups is 1. The second kappa shape index (κ2) is 5.53. The van der Waals surface area contributed by atoms with Gasteiger partial charge in [0.1, 0.15) is 18.7 Å². The molecular formula is C19H17N3O2. The Hall–Kier alpha value is -3.08. The number of aryl methyl sites for hydroxylation is 2. The van der Waals surface area contributed by atoms with E-state index in [0.717, 1.165) is 33.9 Å². The lowest BCUT2D eigenvalue weighted by Gasteiger charge is -2.20. The number of anilines is 1. The minimum atomic E-state index is -0.222. The van der Waals surface area contributed by atoms with Crippen LogP contribution in [-0.4, -0.2) is 15.5 Å². The van der Waals surface area contributed by atoms with E-state index in [-0.39, 0.29) is 5.91 Å². The maximum Gasteiger partial charge on any atom is 0.276 e. The molecule has 0 unspecified atom stereocenters. The topological polar surface area (TPSA) is 56.2 Å². The first-order valence-corrected chi connectivity index (χ1v) is 7.80. The molecule has 24 heavy (non-hydrogen) atoms. The molecule has 1 N–H and O–H groups in total. The predicted octanol–water partition coefficient (Wildman–Crippen LogP) is 3.63. The maximum absolute atomic E-state index is 12.7. The molecule has 1 amide bonds. The van der Waals surface area contributed by atoms with Gasteiger partial charge >= 0.3 is 0 Å². The summed E-state index contributed by atoms with van der Waals surface area (Å²) in [6.07, 6.45) is 1.68. The Bertz CT molecular complexity index is 944. The van der Waals surface area contributed by atoms with Crippen LogP contribution in [0.15, 0.2) is 48.8 Å². The van der Waals surface area contributed by atoms with Gasteiger partial charge in [0.15, 0.2) is 5.69 Å². The number of rotatable bonds is 2. The lowest BCUT2D eigenvalue weighted by molar-refractivity contribution is 0.101. The lowest BCUT2D eigenvalue weighted by atomic mass is 10.1. The maximum atomic E-state index is 12.7. The Balaban J connectivity index is 1.68. The fourth-order valence-corrected chi connectivity index (χ4v) is 2.89. The summed E-state index contributed by atoms with van der Waals surface area (Å²) in [6, 6.07) is 13.7. The molecule has 0 saturated heterocycles. The zero-order valence-electron chi connectivity index (χ0n) is 13.5. The summed E-state index contributed by atoms with van der Waals surface area (Å²) >= 11 is 0. The SMILES string of the molecule is Cc1ccc(C)c(NC(=O)c2ncn3c2COc2ccccc2-3)c1. The molecule has 1 aromatic heterocycles. The second-order valence-corrected chi connectivity index (χ2v) is 5.94. The van der Waals surface area contributed by atoms with Gasteiger partial charge in [-0.25, -0.2) is 4.98 Å². The van der Waals surface area contributed by atoms with Crippen molar-refractivity contribution in [3.8, 4) is 11.4 Å². The van der Waals surface area contributed by atoms with E-state index in [0.29, 0.717) is 12.3 Å². The summed E-state index contributed by atoms with van der Waals surface area (Å²) in [5.74, 6) is 0.573. The number of carbonyl (C=O) groups excluding carboxylic acids is 1. The van der Waals surface area contributed by atoms with E-state index >= 15 is 0 Å². The van der Waals surface area contributed by atoms with Crippen LogP contribution in [0.3, 0.4) is 0 Å². The van der Waals surface area contributed by atoms with E-state index in [2.05, 4.69) is 10.3 Å². The van der Waals surface area contributed by atoms with E-state index in [1.807, 2.05) is 60.9 Å². The second-order valence-electron chi connectivity index (χ2n) is 5.94. The van der Waals surface area contributed by atoms with Crippen LogP contribution < -0.4 is 10.1 Å². The molecule has 0 fully saturated rings. The van der Waals surface area contributed by atoms with Crippen LogP contribution in [0.1, 0.15) is 27.3 Å².